The van der Waals surface area contributed by atoms with Gasteiger partial charge in [-0.25, -0.2) is 4.79 Å². The molecule has 0 aliphatic heterocycles. The summed E-state index contributed by atoms with van der Waals surface area (Å²) in [6.07, 6.45) is -2.94. The van der Waals surface area contributed by atoms with Crippen LogP contribution < -0.4 is 20.1 Å². The first-order valence-corrected chi connectivity index (χ1v) is 11.0. The SMILES string of the molecule is COC(=O)c1cc2c(Oc3ccc(NC(=S)NC4(C(F)(F)F)CC4)c(Cl)c3)ccnc2cc1OC. The maximum absolute atomic E-state index is 13.1. The molecule has 0 bridgehead atoms. The summed E-state index contributed by atoms with van der Waals surface area (Å²) in [6, 6.07) is 9.35. The van der Waals surface area contributed by atoms with Gasteiger partial charge < -0.3 is 24.8 Å². The summed E-state index contributed by atoms with van der Waals surface area (Å²) in [5.41, 5.74) is -0.953. The molecule has 0 unspecified atom stereocenters. The van der Waals surface area contributed by atoms with Crippen molar-refractivity contribution in [2.75, 3.05) is 19.5 Å². The molecule has 1 saturated carbocycles. The number of hydrogen-bond acceptors (Lipinski definition) is 6. The molecule has 3 aromatic rings. The molecule has 0 saturated heterocycles. The molecule has 0 atom stereocenters. The summed E-state index contributed by atoms with van der Waals surface area (Å²) in [6.45, 7) is 0. The van der Waals surface area contributed by atoms with Gasteiger partial charge in [0, 0.05) is 23.7 Å². The van der Waals surface area contributed by atoms with E-state index in [1.54, 1.807) is 24.3 Å². The van der Waals surface area contributed by atoms with Gasteiger partial charge in [0.2, 0.25) is 0 Å². The van der Waals surface area contributed by atoms with Gasteiger partial charge in [0.15, 0.2) is 5.11 Å². The maximum atomic E-state index is 13.1. The summed E-state index contributed by atoms with van der Waals surface area (Å²) in [4.78, 5) is 16.4. The second-order valence-corrected chi connectivity index (χ2v) is 8.59. The molecule has 1 aromatic heterocycles. The van der Waals surface area contributed by atoms with Crippen molar-refractivity contribution in [1.29, 1.82) is 0 Å². The highest BCUT2D eigenvalue weighted by atomic mass is 35.5. The van der Waals surface area contributed by atoms with Crippen molar-refractivity contribution in [3.63, 3.8) is 0 Å². The number of fused-ring (bicyclic) bond motifs is 1. The number of hydrogen-bond donors (Lipinski definition) is 2. The molecule has 1 heterocycles. The first kappa shape index (κ1) is 24.8. The molecular weight excluding hydrogens is 507 g/mol. The van der Waals surface area contributed by atoms with E-state index in [9.17, 15) is 18.0 Å². The molecule has 0 radical (unpaired) electrons. The lowest BCUT2D eigenvalue weighted by molar-refractivity contribution is -0.161. The Balaban J connectivity index is 1.55. The molecule has 184 valence electrons. The standard InChI is InChI=1S/C23H19ClF3N3O4S/c1-32-19-11-17-13(10-14(19)20(31)33-2)18(5-8-28-17)34-12-3-4-16(15(24)9-12)29-21(35)30-22(6-7-22)23(25,26)27/h3-5,8-11H,6-7H2,1-2H3,(H2,29,30,35). The highest BCUT2D eigenvalue weighted by Gasteiger charge is 2.63. The van der Waals surface area contributed by atoms with E-state index >= 15 is 0 Å². The summed E-state index contributed by atoms with van der Waals surface area (Å²) >= 11 is 11.4. The summed E-state index contributed by atoms with van der Waals surface area (Å²) in [5, 5.41) is 5.56. The Bertz CT molecular complexity index is 1320. The number of methoxy groups -OCH3 is 2. The van der Waals surface area contributed by atoms with Gasteiger partial charge in [-0.15, -0.1) is 0 Å². The summed E-state index contributed by atoms with van der Waals surface area (Å²) in [7, 11) is 2.69. The number of pyridine rings is 1. The van der Waals surface area contributed by atoms with Gasteiger partial charge in [-0.3, -0.25) is 4.98 Å². The Morgan fingerprint density at radius 3 is 2.49 bits per heavy atom. The van der Waals surface area contributed by atoms with Crippen LogP contribution in [-0.2, 0) is 4.74 Å². The monoisotopic (exact) mass is 525 g/mol. The van der Waals surface area contributed by atoms with E-state index in [1.165, 1.54) is 32.5 Å². The topological polar surface area (TPSA) is 81.7 Å². The third-order valence-electron chi connectivity index (χ3n) is 5.49. The van der Waals surface area contributed by atoms with Gasteiger partial charge in [-0.1, -0.05) is 11.6 Å². The summed E-state index contributed by atoms with van der Waals surface area (Å²) < 4.78 is 55.5. The zero-order chi connectivity index (χ0) is 25.4. The Hall–Kier alpha value is -3.31. The van der Waals surface area contributed by atoms with Crippen LogP contribution >= 0.6 is 23.8 Å². The number of halogens is 4. The zero-order valence-corrected chi connectivity index (χ0v) is 20.0. The molecule has 1 fully saturated rings. The lowest BCUT2D eigenvalue weighted by Crippen LogP contribution is -2.49. The number of aromatic nitrogens is 1. The molecule has 2 N–H and O–H groups in total. The zero-order valence-electron chi connectivity index (χ0n) is 18.5. The van der Waals surface area contributed by atoms with Gasteiger partial charge in [0.1, 0.15) is 28.4 Å². The largest absolute Gasteiger partial charge is 0.496 e. The quantitative estimate of drug-likeness (QED) is 0.306. The fourth-order valence-corrected chi connectivity index (χ4v) is 3.96. The van der Waals surface area contributed by atoms with Crippen LogP contribution in [0.1, 0.15) is 23.2 Å². The second-order valence-electron chi connectivity index (χ2n) is 7.77. The van der Waals surface area contributed by atoms with E-state index in [-0.39, 0.29) is 28.5 Å². The van der Waals surface area contributed by atoms with Crippen LogP contribution in [0.3, 0.4) is 0 Å². The highest BCUT2D eigenvalue weighted by molar-refractivity contribution is 7.80. The average Bonchev–Trinajstić information content (AvgIpc) is 3.60. The number of anilines is 1. The van der Waals surface area contributed by atoms with Crippen molar-refractivity contribution in [3.8, 4) is 17.2 Å². The van der Waals surface area contributed by atoms with Crippen molar-refractivity contribution in [1.82, 2.24) is 10.3 Å². The number of carbonyl (C=O) groups excluding carboxylic acids is 1. The second kappa shape index (κ2) is 9.38. The molecular formula is C23H19ClF3N3O4S. The van der Waals surface area contributed by atoms with Crippen LogP contribution in [0.2, 0.25) is 5.02 Å². The number of esters is 1. The Morgan fingerprint density at radius 1 is 1.14 bits per heavy atom. The lowest BCUT2D eigenvalue weighted by Gasteiger charge is -2.23. The molecule has 1 aliphatic rings. The predicted octanol–water partition coefficient (Wildman–Crippen LogP) is 5.86. The van der Waals surface area contributed by atoms with Crippen LogP contribution in [0.15, 0.2) is 42.6 Å². The van der Waals surface area contributed by atoms with Crippen molar-refractivity contribution in [2.24, 2.45) is 0 Å². The lowest BCUT2D eigenvalue weighted by atomic mass is 10.1. The van der Waals surface area contributed by atoms with Crippen LogP contribution in [0.4, 0.5) is 18.9 Å². The van der Waals surface area contributed by atoms with Crippen molar-refractivity contribution in [2.45, 2.75) is 24.6 Å². The van der Waals surface area contributed by atoms with Gasteiger partial charge >= 0.3 is 12.1 Å². The minimum atomic E-state index is -4.40. The fourth-order valence-electron chi connectivity index (χ4n) is 3.44. The van der Waals surface area contributed by atoms with Crippen molar-refractivity contribution < 1.29 is 32.2 Å². The molecule has 12 heteroatoms. The van der Waals surface area contributed by atoms with Crippen molar-refractivity contribution >= 4 is 51.5 Å². The Morgan fingerprint density at radius 2 is 1.89 bits per heavy atom. The summed E-state index contributed by atoms with van der Waals surface area (Å²) in [5.74, 6) is 0.449. The van der Waals surface area contributed by atoms with E-state index in [1.807, 2.05) is 0 Å². The number of ether oxygens (including phenoxy) is 3. The Kier molecular flexibility index (Phi) is 6.65. The molecule has 0 spiro atoms. The maximum Gasteiger partial charge on any atom is 0.411 e. The number of benzene rings is 2. The van der Waals surface area contributed by atoms with Gasteiger partial charge in [0.05, 0.1) is 30.4 Å². The van der Waals surface area contributed by atoms with Crippen LogP contribution in [0, 0.1) is 0 Å². The minimum Gasteiger partial charge on any atom is -0.496 e. The number of alkyl halides is 3. The number of nitrogens with one attached hydrogen (secondary N) is 2. The van der Waals surface area contributed by atoms with Crippen LogP contribution in [-0.4, -0.2) is 42.0 Å². The highest BCUT2D eigenvalue weighted by Crippen LogP contribution is 2.49. The van der Waals surface area contributed by atoms with Gasteiger partial charge in [-0.05, 0) is 49.3 Å². The number of thiocarbonyl (C=S) groups is 1. The molecule has 4 rings (SSSR count). The molecule has 35 heavy (non-hydrogen) atoms. The van der Waals surface area contributed by atoms with Crippen molar-refractivity contribution in [3.05, 3.63) is 53.2 Å². The van der Waals surface area contributed by atoms with E-state index < -0.39 is 17.7 Å². The number of rotatable bonds is 6. The van der Waals surface area contributed by atoms with Gasteiger partial charge in [-0.2, -0.15) is 13.2 Å². The fraction of sp³-hybridized carbons (Fsp3) is 0.261. The number of nitrogens with zero attached hydrogens (tertiary/aromatic N) is 1. The predicted molar refractivity (Wildman–Crippen MR) is 129 cm³/mol. The molecule has 2 aromatic carbocycles. The van der Waals surface area contributed by atoms with Crippen LogP contribution in [0.25, 0.3) is 10.9 Å². The molecule has 0 amide bonds. The smallest absolute Gasteiger partial charge is 0.411 e. The van der Waals surface area contributed by atoms with E-state index in [4.69, 9.17) is 38.0 Å². The number of carbonyl (C=O) groups is 1. The first-order valence-electron chi connectivity index (χ1n) is 10.3. The molecule has 1 aliphatic carbocycles. The average molecular weight is 526 g/mol. The molecule has 7 nitrogen and oxygen atoms in total. The van der Waals surface area contributed by atoms with E-state index in [2.05, 4.69) is 15.6 Å². The first-order chi connectivity index (χ1) is 16.6. The normalized spacial score (nSPS) is 14.2. The Labute approximate surface area is 208 Å². The third kappa shape index (κ3) is 5.06. The van der Waals surface area contributed by atoms with Gasteiger partial charge in [0.25, 0.3) is 0 Å². The van der Waals surface area contributed by atoms with E-state index in [0.717, 1.165) is 0 Å². The van der Waals surface area contributed by atoms with Crippen LogP contribution in [0.5, 0.6) is 17.2 Å². The third-order valence-corrected chi connectivity index (χ3v) is 6.01. The minimum absolute atomic E-state index is 0.0394. The van der Waals surface area contributed by atoms with E-state index in [0.29, 0.717) is 33.8 Å².